The van der Waals surface area contributed by atoms with Crippen molar-refractivity contribution in [3.05, 3.63) is 0 Å². The van der Waals surface area contributed by atoms with Gasteiger partial charge in [-0.25, -0.2) is 0 Å². The fraction of sp³-hybridized carbons (Fsp3) is 1.00. The minimum absolute atomic E-state index is 0.487. The van der Waals surface area contributed by atoms with Gasteiger partial charge in [0.1, 0.15) is 0 Å². The van der Waals surface area contributed by atoms with Gasteiger partial charge in [0.15, 0.2) is 0 Å². The molecule has 2 aliphatic rings. The molecule has 2 saturated heterocycles. The largest absolute Gasteiger partial charge is 0.376 e. The van der Waals surface area contributed by atoms with Gasteiger partial charge in [-0.15, -0.1) is 0 Å². The maximum atomic E-state index is 5.68. The first-order valence-electron chi connectivity index (χ1n) is 6.43. The number of nitrogens with zero attached hydrogens (tertiary/aromatic N) is 1. The molecule has 2 atom stereocenters. The third-order valence-corrected chi connectivity index (χ3v) is 3.69. The highest BCUT2D eigenvalue weighted by Gasteiger charge is 2.20. The van der Waals surface area contributed by atoms with Crippen molar-refractivity contribution in [1.82, 2.24) is 10.2 Å². The molecule has 0 bridgehead atoms. The van der Waals surface area contributed by atoms with E-state index in [1.807, 2.05) is 0 Å². The Morgan fingerprint density at radius 3 is 3.13 bits per heavy atom. The molecule has 88 valence electrons. The first-order valence-corrected chi connectivity index (χ1v) is 6.43. The quantitative estimate of drug-likeness (QED) is 0.755. The predicted octanol–water partition coefficient (Wildman–Crippen LogP) is 1.10. The topological polar surface area (TPSA) is 24.5 Å². The van der Waals surface area contributed by atoms with Crippen LogP contribution < -0.4 is 5.32 Å². The zero-order valence-corrected chi connectivity index (χ0v) is 9.87. The molecule has 2 unspecified atom stereocenters. The Morgan fingerprint density at radius 2 is 2.40 bits per heavy atom. The first kappa shape index (κ1) is 11.4. The van der Waals surface area contributed by atoms with Gasteiger partial charge >= 0.3 is 0 Å². The van der Waals surface area contributed by atoms with Gasteiger partial charge in [0.05, 0.1) is 12.7 Å². The van der Waals surface area contributed by atoms with Crippen molar-refractivity contribution in [2.24, 2.45) is 5.92 Å². The maximum absolute atomic E-state index is 5.68. The van der Waals surface area contributed by atoms with Gasteiger partial charge < -0.3 is 10.1 Å². The van der Waals surface area contributed by atoms with Crippen LogP contribution in [0.15, 0.2) is 0 Å². The Bertz CT molecular complexity index is 180. The Labute approximate surface area is 93.2 Å². The van der Waals surface area contributed by atoms with Crippen LogP contribution in [-0.4, -0.2) is 50.3 Å². The van der Waals surface area contributed by atoms with Gasteiger partial charge in [0, 0.05) is 13.1 Å². The molecule has 0 aromatic carbocycles. The lowest BCUT2D eigenvalue weighted by Gasteiger charge is -2.32. The number of ether oxygens (including phenoxy) is 1. The summed E-state index contributed by atoms with van der Waals surface area (Å²) in [6.07, 6.45) is 4.38. The van der Waals surface area contributed by atoms with Gasteiger partial charge in [-0.3, -0.25) is 4.90 Å². The number of nitrogens with one attached hydrogen (secondary N) is 1. The van der Waals surface area contributed by atoms with E-state index in [4.69, 9.17) is 4.74 Å². The molecule has 2 fully saturated rings. The highest BCUT2D eigenvalue weighted by Crippen LogP contribution is 2.15. The van der Waals surface area contributed by atoms with E-state index >= 15 is 0 Å². The molecule has 0 spiro atoms. The van der Waals surface area contributed by atoms with E-state index in [-0.39, 0.29) is 0 Å². The number of hydrogen-bond donors (Lipinski definition) is 1. The lowest BCUT2D eigenvalue weighted by Crippen LogP contribution is -2.42. The molecule has 0 radical (unpaired) electrons. The molecule has 2 heterocycles. The molecule has 0 aromatic heterocycles. The summed E-state index contributed by atoms with van der Waals surface area (Å²) in [5.74, 6) is 0.924. The Morgan fingerprint density at radius 1 is 1.47 bits per heavy atom. The second kappa shape index (κ2) is 5.83. The maximum Gasteiger partial charge on any atom is 0.0700 e. The van der Waals surface area contributed by atoms with Crippen molar-refractivity contribution in [3.8, 4) is 0 Å². The van der Waals surface area contributed by atoms with Crippen LogP contribution in [0.4, 0.5) is 0 Å². The van der Waals surface area contributed by atoms with E-state index in [1.165, 1.54) is 32.5 Å². The third kappa shape index (κ3) is 3.44. The summed E-state index contributed by atoms with van der Waals surface area (Å²) in [4.78, 5) is 2.58. The van der Waals surface area contributed by atoms with Crippen molar-refractivity contribution in [1.29, 1.82) is 0 Å². The van der Waals surface area contributed by atoms with Gasteiger partial charge in [0.2, 0.25) is 0 Å². The second-order valence-electron chi connectivity index (χ2n) is 4.85. The fourth-order valence-electron chi connectivity index (χ4n) is 2.56. The lowest BCUT2D eigenvalue weighted by molar-refractivity contribution is -0.0307. The van der Waals surface area contributed by atoms with Crippen molar-refractivity contribution in [2.75, 3.05) is 39.3 Å². The van der Waals surface area contributed by atoms with E-state index in [9.17, 15) is 0 Å². The van der Waals surface area contributed by atoms with Crippen molar-refractivity contribution in [2.45, 2.75) is 32.3 Å². The summed E-state index contributed by atoms with van der Waals surface area (Å²) in [5.41, 5.74) is 0. The van der Waals surface area contributed by atoms with Crippen molar-refractivity contribution < 1.29 is 4.74 Å². The van der Waals surface area contributed by atoms with Crippen LogP contribution in [0.5, 0.6) is 0 Å². The highest BCUT2D eigenvalue weighted by molar-refractivity contribution is 4.75. The summed E-state index contributed by atoms with van der Waals surface area (Å²) in [7, 11) is 0. The molecule has 3 nitrogen and oxygen atoms in total. The zero-order valence-electron chi connectivity index (χ0n) is 9.87. The summed E-state index contributed by atoms with van der Waals surface area (Å²) in [6.45, 7) is 9.17. The molecule has 15 heavy (non-hydrogen) atoms. The van der Waals surface area contributed by atoms with Crippen molar-refractivity contribution in [3.63, 3.8) is 0 Å². The van der Waals surface area contributed by atoms with Crippen LogP contribution in [0, 0.1) is 5.92 Å². The molecule has 0 aliphatic carbocycles. The van der Waals surface area contributed by atoms with Crippen LogP contribution in [0.2, 0.25) is 0 Å². The molecule has 0 amide bonds. The van der Waals surface area contributed by atoms with Gasteiger partial charge in [-0.2, -0.15) is 0 Å². The SMILES string of the molecule is CCC1CN(CCC2CCNC2)CCO1. The average Bonchev–Trinajstić information content (AvgIpc) is 2.79. The molecule has 0 aromatic rings. The molecular weight excluding hydrogens is 188 g/mol. The van der Waals surface area contributed by atoms with Gasteiger partial charge in [-0.05, 0) is 44.8 Å². The Kier molecular flexibility index (Phi) is 4.42. The molecule has 2 aliphatic heterocycles. The fourth-order valence-corrected chi connectivity index (χ4v) is 2.56. The van der Waals surface area contributed by atoms with E-state index in [2.05, 4.69) is 17.1 Å². The summed E-state index contributed by atoms with van der Waals surface area (Å²) < 4.78 is 5.68. The monoisotopic (exact) mass is 212 g/mol. The number of hydrogen-bond acceptors (Lipinski definition) is 3. The van der Waals surface area contributed by atoms with Crippen LogP contribution in [0.25, 0.3) is 0 Å². The third-order valence-electron chi connectivity index (χ3n) is 3.69. The lowest BCUT2D eigenvalue weighted by atomic mass is 10.0. The summed E-state index contributed by atoms with van der Waals surface area (Å²) in [6, 6.07) is 0. The standard InChI is InChI=1S/C12H24N2O/c1-2-12-10-14(7-8-15-12)6-4-11-3-5-13-9-11/h11-13H,2-10H2,1H3. The Balaban J connectivity index is 1.65. The molecule has 1 N–H and O–H groups in total. The zero-order chi connectivity index (χ0) is 10.5. The Hall–Kier alpha value is -0.120. The molecule has 0 saturated carbocycles. The van der Waals surface area contributed by atoms with Gasteiger partial charge in [-0.1, -0.05) is 6.92 Å². The van der Waals surface area contributed by atoms with E-state index in [0.29, 0.717) is 6.10 Å². The second-order valence-corrected chi connectivity index (χ2v) is 4.85. The van der Waals surface area contributed by atoms with E-state index in [0.717, 1.165) is 32.0 Å². The van der Waals surface area contributed by atoms with Crippen LogP contribution >= 0.6 is 0 Å². The molecule has 3 heteroatoms. The van der Waals surface area contributed by atoms with Gasteiger partial charge in [0.25, 0.3) is 0 Å². The van der Waals surface area contributed by atoms with Crippen molar-refractivity contribution >= 4 is 0 Å². The number of morpholine rings is 1. The van der Waals surface area contributed by atoms with E-state index in [1.54, 1.807) is 0 Å². The first-order chi connectivity index (χ1) is 7.38. The predicted molar refractivity (Wildman–Crippen MR) is 62.1 cm³/mol. The summed E-state index contributed by atoms with van der Waals surface area (Å²) in [5, 5.41) is 3.44. The molecular formula is C12H24N2O. The van der Waals surface area contributed by atoms with E-state index < -0.39 is 0 Å². The summed E-state index contributed by atoms with van der Waals surface area (Å²) >= 11 is 0. The normalized spacial score (nSPS) is 33.4. The minimum atomic E-state index is 0.487. The average molecular weight is 212 g/mol. The minimum Gasteiger partial charge on any atom is -0.376 e. The molecule has 2 rings (SSSR count). The smallest absolute Gasteiger partial charge is 0.0700 e. The van der Waals surface area contributed by atoms with Crippen LogP contribution in [0.1, 0.15) is 26.2 Å². The van der Waals surface area contributed by atoms with Crippen LogP contribution in [0.3, 0.4) is 0 Å². The highest BCUT2D eigenvalue weighted by atomic mass is 16.5. The van der Waals surface area contributed by atoms with Crippen LogP contribution in [-0.2, 0) is 4.74 Å². The number of rotatable bonds is 4.